The molecule has 22 nitrogen and oxygen atoms in total. The highest BCUT2D eigenvalue weighted by Gasteiger charge is 2.21. The third kappa shape index (κ3) is 49.3. The highest BCUT2D eigenvalue weighted by Crippen LogP contribution is 2.14. The zero-order valence-corrected chi connectivity index (χ0v) is 42.9. The Morgan fingerprint density at radius 2 is 0.700 bits per heavy atom. The molecule has 0 aromatic heterocycles. The summed E-state index contributed by atoms with van der Waals surface area (Å²) in [7, 11) is 0. The highest BCUT2D eigenvalue weighted by atomic mass is 32.1. The van der Waals surface area contributed by atoms with Crippen molar-refractivity contribution < 1.29 is 76.6 Å². The summed E-state index contributed by atoms with van der Waals surface area (Å²) < 4.78 is 44.4. The lowest BCUT2D eigenvalue weighted by Crippen LogP contribution is -2.41. The molecule has 1 unspecified atom stereocenters. The van der Waals surface area contributed by atoms with E-state index in [0.717, 1.165) is 19.3 Å². The monoisotopic (exact) mass is 1020 g/mol. The van der Waals surface area contributed by atoms with E-state index in [9.17, 15) is 38.7 Å². The predicted octanol–water partition coefficient (Wildman–Crippen LogP) is 2.16. The Balaban J connectivity index is 3.58. The number of rotatable bonds is 53. The number of hydrogen-bond acceptors (Lipinski definition) is 16. The number of carboxylic acids is 1. The number of aliphatic carboxylic acids is 1. The smallest absolute Gasteiger partial charge is 0.326 e. The van der Waals surface area contributed by atoms with Crippen LogP contribution in [0.1, 0.15) is 122 Å². The second kappa shape index (κ2) is 51.7. The number of carbonyl (C=O) groups excluding carboxylic acids is 6. The van der Waals surface area contributed by atoms with Crippen molar-refractivity contribution in [3.63, 3.8) is 0 Å². The molecule has 70 heavy (non-hydrogen) atoms. The van der Waals surface area contributed by atoms with Gasteiger partial charge in [-0.15, -0.1) is 0 Å². The fourth-order valence-electron chi connectivity index (χ4n) is 6.32. The zero-order valence-electron chi connectivity index (χ0n) is 42.0. The van der Waals surface area contributed by atoms with Crippen molar-refractivity contribution in [2.24, 2.45) is 0 Å². The number of carboxylic acid groups (broad SMARTS) is 1. The summed E-state index contributed by atoms with van der Waals surface area (Å²) in [5.74, 6) is -3.14. The Kier molecular flexibility index (Phi) is 49.0. The van der Waals surface area contributed by atoms with E-state index >= 15 is 0 Å². The van der Waals surface area contributed by atoms with Crippen molar-refractivity contribution in [3.8, 4) is 0 Å². The van der Waals surface area contributed by atoms with Crippen LogP contribution in [-0.2, 0) is 71.5 Å². The Bertz CT molecular complexity index is 1340. The largest absolute Gasteiger partial charge is 0.480 e. The number of unbranched alkanes of at least 4 members (excludes halogenated alkanes) is 14. The van der Waals surface area contributed by atoms with E-state index in [4.69, 9.17) is 37.9 Å². The Morgan fingerprint density at radius 3 is 1.04 bits per heavy atom. The van der Waals surface area contributed by atoms with Crippen molar-refractivity contribution in [1.29, 1.82) is 0 Å². The Labute approximate surface area is 421 Å². The summed E-state index contributed by atoms with van der Waals surface area (Å²) in [6.07, 6.45) is 18.6. The van der Waals surface area contributed by atoms with Crippen LogP contribution in [0.5, 0.6) is 0 Å². The van der Waals surface area contributed by atoms with E-state index in [2.05, 4.69) is 51.0 Å². The number of hydrogen-bond donors (Lipinski definition) is 8. The van der Waals surface area contributed by atoms with Crippen molar-refractivity contribution in [3.05, 3.63) is 0 Å². The number of thiol groups is 1. The Hall–Kier alpha value is -3.68. The first-order chi connectivity index (χ1) is 34.1. The normalized spacial score (nSPS) is 11.5. The van der Waals surface area contributed by atoms with E-state index in [-0.39, 0.29) is 180 Å². The summed E-state index contributed by atoms with van der Waals surface area (Å²) in [5, 5.41) is 22.7. The van der Waals surface area contributed by atoms with Crippen LogP contribution in [0.25, 0.3) is 0 Å². The average Bonchev–Trinajstić information content (AvgIpc) is 3.34. The van der Waals surface area contributed by atoms with Crippen molar-refractivity contribution >= 4 is 54.2 Å². The summed E-state index contributed by atoms with van der Waals surface area (Å²) in [6.45, 7) is 5.39. The standard InChI is InChI=1S/C47H88N6O16S/c1-2-3-4-5-6-7-8-9-10-11-12-13-14-15-16-17-42(55)52-40(47(60)61)18-19-41(54)48-20-24-62-28-32-66-36-43(56)49-21-25-63-29-33-67-37-44(57)50-22-26-64-30-34-68-38-45(58)51-23-27-65-31-35-69-39-46(59)53-70/h40,70H,2-39H2,1H3,(H,48,54)(H,49,56)(H,50,57)(H,51,58)(H,52,55)(H,53,59)(H,60,61). The van der Waals surface area contributed by atoms with Gasteiger partial charge in [0.15, 0.2) is 0 Å². The third-order valence-corrected chi connectivity index (χ3v) is 10.4. The molecule has 0 saturated heterocycles. The molecule has 7 N–H and O–H groups in total. The van der Waals surface area contributed by atoms with Gasteiger partial charge in [-0.3, -0.25) is 28.8 Å². The van der Waals surface area contributed by atoms with Gasteiger partial charge in [0.05, 0.1) is 79.3 Å². The number of amides is 6. The number of carbonyl (C=O) groups is 7. The minimum Gasteiger partial charge on any atom is -0.480 e. The molecule has 0 aromatic carbocycles. The molecular weight excluding hydrogens is 937 g/mol. The number of ether oxygens (including phenoxy) is 8. The average molecular weight is 1030 g/mol. The quantitative estimate of drug-likeness (QED) is 0.0320. The molecule has 0 aliphatic heterocycles. The molecule has 0 bridgehead atoms. The molecule has 0 spiro atoms. The van der Waals surface area contributed by atoms with Gasteiger partial charge in [-0.25, -0.2) is 4.79 Å². The molecule has 23 heteroatoms. The zero-order chi connectivity index (χ0) is 51.4. The van der Waals surface area contributed by atoms with E-state index in [1.165, 1.54) is 70.6 Å². The maximum Gasteiger partial charge on any atom is 0.326 e. The molecular formula is C47H88N6O16S. The van der Waals surface area contributed by atoms with Gasteiger partial charge in [0.25, 0.3) is 5.91 Å². The summed E-state index contributed by atoms with van der Waals surface area (Å²) >= 11 is 3.61. The summed E-state index contributed by atoms with van der Waals surface area (Å²) in [4.78, 5) is 82.8. The van der Waals surface area contributed by atoms with E-state index in [1.54, 1.807) is 0 Å². The van der Waals surface area contributed by atoms with Crippen LogP contribution < -0.4 is 31.3 Å². The van der Waals surface area contributed by atoms with Crippen molar-refractivity contribution in [2.45, 2.75) is 129 Å². The third-order valence-electron chi connectivity index (χ3n) is 10.1. The van der Waals surface area contributed by atoms with Gasteiger partial charge in [0, 0.05) is 39.0 Å². The van der Waals surface area contributed by atoms with Gasteiger partial charge in [-0.1, -0.05) is 110 Å². The van der Waals surface area contributed by atoms with Gasteiger partial charge in [0.2, 0.25) is 29.5 Å². The molecule has 0 radical (unpaired) electrons. The van der Waals surface area contributed by atoms with Crippen LogP contribution >= 0.6 is 12.8 Å². The van der Waals surface area contributed by atoms with Crippen LogP contribution in [0.3, 0.4) is 0 Å². The number of nitrogens with one attached hydrogen (secondary N) is 6. The highest BCUT2D eigenvalue weighted by molar-refractivity contribution is 7.78. The minimum atomic E-state index is -1.17. The first-order valence-electron chi connectivity index (χ1n) is 25.2. The van der Waals surface area contributed by atoms with Gasteiger partial charge in [-0.05, 0) is 12.8 Å². The minimum absolute atomic E-state index is 0.0180. The molecule has 1 atom stereocenters. The molecule has 0 rings (SSSR count). The molecule has 6 amide bonds. The fourth-order valence-corrected chi connectivity index (χ4v) is 6.38. The molecule has 0 saturated carbocycles. The second-order valence-electron chi connectivity index (χ2n) is 16.3. The molecule has 0 fully saturated rings. The van der Waals surface area contributed by atoms with Gasteiger partial charge < -0.3 is 74.3 Å². The van der Waals surface area contributed by atoms with E-state index in [1.807, 2.05) is 0 Å². The van der Waals surface area contributed by atoms with E-state index < -0.39 is 12.0 Å². The van der Waals surface area contributed by atoms with Gasteiger partial charge in [0.1, 0.15) is 32.5 Å². The predicted molar refractivity (Wildman–Crippen MR) is 264 cm³/mol. The van der Waals surface area contributed by atoms with Crippen LogP contribution in [0.2, 0.25) is 0 Å². The second-order valence-corrected chi connectivity index (χ2v) is 16.5. The molecule has 0 aromatic rings. The first kappa shape index (κ1) is 66.3. The van der Waals surface area contributed by atoms with Crippen molar-refractivity contribution in [1.82, 2.24) is 31.3 Å². The van der Waals surface area contributed by atoms with Crippen LogP contribution in [0, 0.1) is 0 Å². The maximum absolute atomic E-state index is 12.3. The topological polar surface area (TPSA) is 286 Å². The molecule has 0 aliphatic rings. The first-order valence-corrected chi connectivity index (χ1v) is 25.7. The van der Waals surface area contributed by atoms with Crippen LogP contribution in [0.4, 0.5) is 0 Å². The lowest BCUT2D eigenvalue weighted by atomic mass is 10.0. The maximum atomic E-state index is 12.3. The lowest BCUT2D eigenvalue weighted by Gasteiger charge is -2.14. The fraction of sp³-hybridized carbons (Fsp3) is 0.851. The Morgan fingerprint density at radius 1 is 0.386 bits per heavy atom. The summed E-state index contributed by atoms with van der Waals surface area (Å²) in [5.41, 5.74) is 0. The molecule has 0 aliphatic carbocycles. The molecule has 0 heterocycles. The molecule has 408 valence electrons. The van der Waals surface area contributed by atoms with E-state index in [0.29, 0.717) is 13.0 Å². The summed E-state index contributed by atoms with van der Waals surface area (Å²) in [6, 6.07) is -1.13. The van der Waals surface area contributed by atoms with Gasteiger partial charge >= 0.3 is 5.97 Å². The lowest BCUT2D eigenvalue weighted by molar-refractivity contribution is -0.142. The van der Waals surface area contributed by atoms with Crippen LogP contribution in [0.15, 0.2) is 0 Å². The SMILES string of the molecule is CCCCCCCCCCCCCCCCCC(=O)NC(CCC(=O)NCCOCCOCC(=O)NCCOCCOCC(=O)NCCOCCOCC(=O)NCCOCCOCC(=O)NS)C(=O)O. The van der Waals surface area contributed by atoms with Crippen LogP contribution in [-0.4, -0.2) is 184 Å². The van der Waals surface area contributed by atoms with Crippen molar-refractivity contribution in [2.75, 3.05) is 132 Å². The van der Waals surface area contributed by atoms with Gasteiger partial charge in [-0.2, -0.15) is 0 Å².